The number of imidazole rings is 1. The molecule has 2 aliphatic rings. The molecule has 0 N–H and O–H groups in total. The average Bonchev–Trinajstić information content (AvgIpc) is 3.24. The van der Waals surface area contributed by atoms with E-state index in [1.54, 1.807) is 10.8 Å². The predicted octanol–water partition coefficient (Wildman–Crippen LogP) is 1.89. The van der Waals surface area contributed by atoms with E-state index in [-0.39, 0.29) is 16.7 Å². The zero-order chi connectivity index (χ0) is 20.4. The Morgan fingerprint density at radius 2 is 1.90 bits per heavy atom. The summed E-state index contributed by atoms with van der Waals surface area (Å²) in [5.41, 5.74) is 0.888. The number of ether oxygens (including phenoxy) is 2. The molecule has 2 aromatic rings. The number of Topliss-reactive ketones (excluding diaryl/α,β-unsaturated/α-hetero) is 1. The number of carbonyl (C=O) groups excluding carboxylic acids is 1. The van der Waals surface area contributed by atoms with Crippen LogP contribution in [0.1, 0.15) is 25.3 Å². The van der Waals surface area contributed by atoms with Crippen LogP contribution in [0.25, 0.3) is 0 Å². The maximum atomic E-state index is 12.8. The van der Waals surface area contributed by atoms with Crippen molar-refractivity contribution in [1.82, 2.24) is 13.9 Å². The highest BCUT2D eigenvalue weighted by atomic mass is 32.2. The molecule has 0 saturated carbocycles. The molecule has 0 radical (unpaired) electrons. The summed E-state index contributed by atoms with van der Waals surface area (Å²) in [6.45, 7) is 4.30. The van der Waals surface area contributed by atoms with Gasteiger partial charge in [-0.15, -0.1) is 0 Å². The number of aromatic nitrogens is 2. The van der Waals surface area contributed by atoms with Gasteiger partial charge in [0.05, 0.1) is 6.33 Å². The van der Waals surface area contributed by atoms with Gasteiger partial charge in [-0.3, -0.25) is 4.79 Å². The van der Waals surface area contributed by atoms with Gasteiger partial charge in [-0.05, 0) is 37.5 Å². The minimum absolute atomic E-state index is 0.0698. The van der Waals surface area contributed by atoms with Gasteiger partial charge in [-0.1, -0.05) is 6.07 Å². The summed E-state index contributed by atoms with van der Waals surface area (Å²) < 4.78 is 39.8. The van der Waals surface area contributed by atoms with Crippen LogP contribution in [-0.2, 0) is 27.8 Å². The van der Waals surface area contributed by atoms with Crippen molar-refractivity contribution in [2.45, 2.75) is 37.8 Å². The first kappa shape index (κ1) is 19.9. The Balaban J connectivity index is 1.36. The van der Waals surface area contributed by atoms with Crippen molar-refractivity contribution in [3.8, 4) is 11.5 Å². The maximum Gasteiger partial charge on any atom is 0.262 e. The number of nitrogens with zero attached hydrogens (tertiary/aromatic N) is 3. The third kappa shape index (κ3) is 4.16. The van der Waals surface area contributed by atoms with Gasteiger partial charge in [0, 0.05) is 38.2 Å². The molecular formula is C20H25N3O5S. The lowest BCUT2D eigenvalue weighted by atomic mass is 9.90. The second-order valence-corrected chi connectivity index (χ2v) is 9.23. The number of carbonyl (C=O) groups is 1. The van der Waals surface area contributed by atoms with Gasteiger partial charge in [0.25, 0.3) is 10.0 Å². The number of hydrogen-bond donors (Lipinski definition) is 0. The predicted molar refractivity (Wildman–Crippen MR) is 106 cm³/mol. The Hall–Kier alpha value is -2.39. The van der Waals surface area contributed by atoms with Gasteiger partial charge in [-0.2, -0.15) is 4.31 Å². The van der Waals surface area contributed by atoms with Crippen molar-refractivity contribution in [3.63, 3.8) is 0 Å². The third-order valence-corrected chi connectivity index (χ3v) is 7.26. The second-order valence-electron chi connectivity index (χ2n) is 7.34. The van der Waals surface area contributed by atoms with E-state index in [0.717, 1.165) is 5.56 Å². The van der Waals surface area contributed by atoms with Crippen LogP contribution in [0.4, 0.5) is 0 Å². The topological polar surface area (TPSA) is 90.7 Å². The van der Waals surface area contributed by atoms with Crippen molar-refractivity contribution < 1.29 is 22.7 Å². The van der Waals surface area contributed by atoms with Gasteiger partial charge in [0.15, 0.2) is 16.5 Å². The number of rotatable bonds is 6. The molecule has 29 heavy (non-hydrogen) atoms. The van der Waals surface area contributed by atoms with E-state index in [2.05, 4.69) is 4.98 Å². The zero-order valence-electron chi connectivity index (χ0n) is 16.4. The molecule has 1 saturated heterocycles. The lowest BCUT2D eigenvalue weighted by Gasteiger charge is -2.30. The van der Waals surface area contributed by atoms with Gasteiger partial charge in [0.2, 0.25) is 0 Å². The van der Waals surface area contributed by atoms with Gasteiger partial charge in [0.1, 0.15) is 19.0 Å². The van der Waals surface area contributed by atoms with Gasteiger partial charge < -0.3 is 14.0 Å². The molecule has 3 heterocycles. The van der Waals surface area contributed by atoms with Crippen LogP contribution in [0.3, 0.4) is 0 Å². The number of hydrogen-bond acceptors (Lipinski definition) is 6. The molecule has 1 fully saturated rings. The van der Waals surface area contributed by atoms with E-state index in [4.69, 9.17) is 9.47 Å². The van der Waals surface area contributed by atoms with Gasteiger partial charge >= 0.3 is 0 Å². The molecule has 0 spiro atoms. The molecule has 0 aliphatic carbocycles. The van der Waals surface area contributed by atoms with Gasteiger partial charge in [-0.25, -0.2) is 13.4 Å². The molecule has 0 unspecified atom stereocenters. The molecule has 4 rings (SSSR count). The first-order valence-corrected chi connectivity index (χ1v) is 11.3. The molecule has 1 aromatic carbocycles. The first-order chi connectivity index (χ1) is 14.0. The van der Waals surface area contributed by atoms with E-state index in [1.165, 1.54) is 10.6 Å². The Morgan fingerprint density at radius 1 is 1.17 bits per heavy atom. The van der Waals surface area contributed by atoms with Crippen LogP contribution in [0.2, 0.25) is 0 Å². The van der Waals surface area contributed by atoms with Crippen LogP contribution in [0.15, 0.2) is 35.7 Å². The van der Waals surface area contributed by atoms with Crippen molar-refractivity contribution in [2.24, 2.45) is 5.92 Å². The highest BCUT2D eigenvalue weighted by molar-refractivity contribution is 7.89. The summed E-state index contributed by atoms with van der Waals surface area (Å²) in [5, 5.41) is 0.0698. The van der Waals surface area contributed by atoms with Crippen molar-refractivity contribution in [2.75, 3.05) is 26.3 Å². The molecule has 156 valence electrons. The summed E-state index contributed by atoms with van der Waals surface area (Å²) in [6.07, 6.45) is 4.44. The number of piperidine rings is 1. The molecule has 2 aliphatic heterocycles. The summed E-state index contributed by atoms with van der Waals surface area (Å²) in [4.78, 5) is 16.8. The zero-order valence-corrected chi connectivity index (χ0v) is 17.2. The third-order valence-electron chi connectivity index (χ3n) is 5.47. The van der Waals surface area contributed by atoms with E-state index >= 15 is 0 Å². The van der Waals surface area contributed by atoms with Crippen LogP contribution in [0.5, 0.6) is 11.5 Å². The molecule has 1 aromatic heterocycles. The number of sulfonamides is 1. The minimum Gasteiger partial charge on any atom is -0.486 e. The largest absolute Gasteiger partial charge is 0.486 e. The Bertz CT molecular complexity index is 993. The van der Waals surface area contributed by atoms with E-state index < -0.39 is 10.0 Å². The fourth-order valence-electron chi connectivity index (χ4n) is 3.74. The number of benzene rings is 1. The smallest absolute Gasteiger partial charge is 0.262 e. The van der Waals surface area contributed by atoms with Crippen LogP contribution < -0.4 is 9.47 Å². The van der Waals surface area contributed by atoms with Crippen LogP contribution >= 0.6 is 0 Å². The van der Waals surface area contributed by atoms with Crippen molar-refractivity contribution in [1.29, 1.82) is 0 Å². The van der Waals surface area contributed by atoms with Crippen LogP contribution in [0, 0.1) is 5.92 Å². The molecule has 8 nitrogen and oxygen atoms in total. The number of ketones is 1. The Labute approximate surface area is 170 Å². The average molecular weight is 420 g/mol. The van der Waals surface area contributed by atoms with Crippen molar-refractivity contribution >= 4 is 15.8 Å². The SMILES string of the molecule is CCn1cnc(S(=O)(=O)N2CCC(C(=O)Cc3ccc4c(c3)OCCO4)CC2)c1. The number of fused-ring (bicyclic) bond motifs is 1. The highest BCUT2D eigenvalue weighted by Gasteiger charge is 2.33. The van der Waals surface area contributed by atoms with E-state index in [0.29, 0.717) is 63.6 Å². The summed E-state index contributed by atoms with van der Waals surface area (Å²) in [5.74, 6) is 1.38. The second kappa shape index (κ2) is 8.16. The molecule has 0 atom stereocenters. The molecular weight excluding hydrogens is 394 g/mol. The van der Waals surface area contributed by atoms with Crippen molar-refractivity contribution in [3.05, 3.63) is 36.3 Å². The summed E-state index contributed by atoms with van der Waals surface area (Å²) in [6, 6.07) is 5.58. The standard InChI is InChI=1S/C20H25N3O5S/c1-2-22-13-20(21-14-22)29(25,26)23-7-5-16(6-8-23)17(24)11-15-3-4-18-19(12-15)28-10-9-27-18/h3-4,12-14,16H,2,5-11H2,1H3. The fraction of sp³-hybridized carbons (Fsp3) is 0.500. The van der Waals surface area contributed by atoms with Crippen LogP contribution in [-0.4, -0.2) is 54.4 Å². The lowest BCUT2D eigenvalue weighted by molar-refractivity contribution is -0.123. The Kier molecular flexibility index (Phi) is 5.60. The lowest BCUT2D eigenvalue weighted by Crippen LogP contribution is -2.40. The number of aryl methyl sites for hydroxylation is 1. The molecule has 9 heteroatoms. The highest BCUT2D eigenvalue weighted by Crippen LogP contribution is 2.32. The Morgan fingerprint density at radius 3 is 2.59 bits per heavy atom. The minimum atomic E-state index is -3.61. The summed E-state index contributed by atoms with van der Waals surface area (Å²) in [7, 11) is -3.61. The normalized spacial score (nSPS) is 18.0. The first-order valence-electron chi connectivity index (χ1n) is 9.90. The monoisotopic (exact) mass is 419 g/mol. The quantitative estimate of drug-likeness (QED) is 0.710. The van der Waals surface area contributed by atoms with E-state index in [9.17, 15) is 13.2 Å². The molecule has 0 bridgehead atoms. The summed E-state index contributed by atoms with van der Waals surface area (Å²) >= 11 is 0. The molecule has 0 amide bonds. The maximum absolute atomic E-state index is 12.8. The fourth-order valence-corrected chi connectivity index (χ4v) is 5.14. The van der Waals surface area contributed by atoms with E-state index in [1.807, 2.05) is 25.1 Å².